The van der Waals surface area contributed by atoms with E-state index in [1.54, 1.807) is 7.05 Å². The summed E-state index contributed by atoms with van der Waals surface area (Å²) in [5.74, 6) is 1.39. The molecule has 22 heavy (non-hydrogen) atoms. The van der Waals surface area contributed by atoms with Crippen molar-refractivity contribution in [2.45, 2.75) is 33.7 Å². The van der Waals surface area contributed by atoms with E-state index in [1.165, 1.54) is 0 Å². The van der Waals surface area contributed by atoms with Crippen LogP contribution in [-0.4, -0.2) is 37.7 Å². The van der Waals surface area contributed by atoms with Crippen LogP contribution in [0.2, 0.25) is 0 Å². The average molecular weight is 420 g/mol. The number of aromatic nitrogens is 1. The van der Waals surface area contributed by atoms with Crippen molar-refractivity contribution in [1.82, 2.24) is 15.6 Å². The molecule has 1 aromatic heterocycles. The number of nitrogens with zero attached hydrogens (tertiary/aromatic N) is 2. The van der Waals surface area contributed by atoms with Gasteiger partial charge < -0.3 is 15.4 Å². The van der Waals surface area contributed by atoms with E-state index in [4.69, 9.17) is 4.74 Å². The van der Waals surface area contributed by atoms with Gasteiger partial charge in [-0.25, -0.2) is 0 Å². The van der Waals surface area contributed by atoms with Crippen molar-refractivity contribution in [2.75, 3.05) is 26.8 Å². The van der Waals surface area contributed by atoms with Gasteiger partial charge in [-0.2, -0.15) is 0 Å². The third kappa shape index (κ3) is 9.94. The van der Waals surface area contributed by atoms with Crippen LogP contribution in [0.4, 0.5) is 0 Å². The molecule has 1 rings (SSSR count). The third-order valence-electron chi connectivity index (χ3n) is 2.82. The summed E-state index contributed by atoms with van der Waals surface area (Å²) in [5.41, 5.74) is 2.04. The van der Waals surface area contributed by atoms with Gasteiger partial charge in [-0.1, -0.05) is 19.9 Å². The first-order valence-electron chi connectivity index (χ1n) is 7.56. The van der Waals surface area contributed by atoms with E-state index in [9.17, 15) is 0 Å². The molecule has 0 aliphatic heterocycles. The second kappa shape index (κ2) is 12.6. The van der Waals surface area contributed by atoms with E-state index in [-0.39, 0.29) is 24.0 Å². The molecular weight excluding hydrogens is 391 g/mol. The van der Waals surface area contributed by atoms with Gasteiger partial charge in [-0.15, -0.1) is 24.0 Å². The minimum Gasteiger partial charge on any atom is -0.381 e. The van der Waals surface area contributed by atoms with Crippen LogP contribution in [0.5, 0.6) is 0 Å². The largest absolute Gasteiger partial charge is 0.381 e. The Bertz CT molecular complexity index is 438. The lowest BCUT2D eigenvalue weighted by Gasteiger charge is -2.12. The molecule has 0 aliphatic carbocycles. The molecule has 0 radical (unpaired) electrons. The smallest absolute Gasteiger partial charge is 0.191 e. The predicted molar refractivity (Wildman–Crippen MR) is 103 cm³/mol. The molecular formula is C16H29IN4O. The van der Waals surface area contributed by atoms with E-state index < -0.39 is 0 Å². The first kappa shape index (κ1) is 21.1. The second-order valence-electron chi connectivity index (χ2n) is 5.45. The van der Waals surface area contributed by atoms with Crippen molar-refractivity contribution in [1.29, 1.82) is 0 Å². The fraction of sp³-hybridized carbons (Fsp3) is 0.625. The van der Waals surface area contributed by atoms with Gasteiger partial charge in [0.05, 0.1) is 12.2 Å². The zero-order valence-corrected chi connectivity index (χ0v) is 16.4. The van der Waals surface area contributed by atoms with Crippen LogP contribution in [0.25, 0.3) is 0 Å². The van der Waals surface area contributed by atoms with Gasteiger partial charge in [0.1, 0.15) is 0 Å². The maximum absolute atomic E-state index is 5.54. The van der Waals surface area contributed by atoms with Gasteiger partial charge in [0, 0.05) is 32.5 Å². The van der Waals surface area contributed by atoms with Gasteiger partial charge in [0.2, 0.25) is 0 Å². The number of aliphatic imine (C=N–C) groups is 1. The van der Waals surface area contributed by atoms with E-state index in [2.05, 4.69) is 34.5 Å². The number of halogens is 1. The Kier molecular flexibility index (Phi) is 12.1. The Balaban J connectivity index is 0.00000441. The monoisotopic (exact) mass is 420 g/mol. The summed E-state index contributed by atoms with van der Waals surface area (Å²) >= 11 is 0. The van der Waals surface area contributed by atoms with E-state index in [1.807, 2.05) is 25.1 Å². The molecule has 6 heteroatoms. The maximum Gasteiger partial charge on any atom is 0.191 e. The van der Waals surface area contributed by atoms with Crippen LogP contribution in [0, 0.1) is 12.8 Å². The summed E-state index contributed by atoms with van der Waals surface area (Å²) in [6, 6.07) is 6.02. The maximum atomic E-state index is 5.54. The SMILES string of the molecule is CN=C(NCCCOCC(C)C)NCc1cccc(C)n1.I. The Hall–Kier alpha value is -0.890. The molecule has 0 amide bonds. The standard InChI is InChI=1S/C16H28N4O.HI/c1-13(2)12-21-10-6-9-18-16(17-4)19-11-15-8-5-7-14(3)20-15;/h5,7-8,13H,6,9-12H2,1-4H3,(H2,17,18,19);1H. The second-order valence-corrected chi connectivity index (χ2v) is 5.45. The van der Waals surface area contributed by atoms with Crippen molar-refractivity contribution >= 4 is 29.9 Å². The fourth-order valence-electron chi connectivity index (χ4n) is 1.79. The highest BCUT2D eigenvalue weighted by Gasteiger charge is 1.99. The Morgan fingerprint density at radius 3 is 2.73 bits per heavy atom. The van der Waals surface area contributed by atoms with Gasteiger partial charge in [-0.3, -0.25) is 9.98 Å². The van der Waals surface area contributed by atoms with Crippen molar-refractivity contribution in [2.24, 2.45) is 10.9 Å². The number of nitrogens with one attached hydrogen (secondary N) is 2. The Labute approximate surface area is 151 Å². The quantitative estimate of drug-likeness (QED) is 0.294. The Morgan fingerprint density at radius 2 is 2.09 bits per heavy atom. The van der Waals surface area contributed by atoms with Crippen LogP contribution in [0.1, 0.15) is 31.7 Å². The van der Waals surface area contributed by atoms with E-state index in [0.717, 1.165) is 43.5 Å². The number of guanidine groups is 1. The molecule has 0 bridgehead atoms. The van der Waals surface area contributed by atoms with Crippen LogP contribution >= 0.6 is 24.0 Å². The lowest BCUT2D eigenvalue weighted by molar-refractivity contribution is 0.108. The molecule has 0 atom stereocenters. The highest BCUT2D eigenvalue weighted by atomic mass is 127. The molecule has 5 nitrogen and oxygen atoms in total. The molecule has 0 unspecified atom stereocenters. The van der Waals surface area contributed by atoms with Gasteiger partial charge in [-0.05, 0) is 31.4 Å². The molecule has 0 aliphatic rings. The minimum atomic E-state index is 0. The molecule has 0 fully saturated rings. The Morgan fingerprint density at radius 1 is 1.32 bits per heavy atom. The van der Waals surface area contributed by atoms with Gasteiger partial charge in [0.15, 0.2) is 5.96 Å². The molecule has 2 N–H and O–H groups in total. The minimum absolute atomic E-state index is 0. The number of ether oxygens (including phenoxy) is 1. The lowest BCUT2D eigenvalue weighted by Crippen LogP contribution is -2.37. The predicted octanol–water partition coefficient (Wildman–Crippen LogP) is 2.74. The first-order chi connectivity index (χ1) is 10.1. The first-order valence-corrected chi connectivity index (χ1v) is 7.56. The molecule has 0 saturated heterocycles. The average Bonchev–Trinajstić information content (AvgIpc) is 2.45. The molecule has 1 aromatic rings. The molecule has 0 saturated carbocycles. The number of hydrogen-bond donors (Lipinski definition) is 2. The molecule has 1 heterocycles. The number of aryl methyl sites for hydroxylation is 1. The third-order valence-corrected chi connectivity index (χ3v) is 2.82. The molecule has 126 valence electrons. The topological polar surface area (TPSA) is 58.5 Å². The zero-order chi connectivity index (χ0) is 15.5. The molecule has 0 aromatic carbocycles. The van der Waals surface area contributed by atoms with Crippen LogP contribution in [0.15, 0.2) is 23.2 Å². The van der Waals surface area contributed by atoms with Crippen LogP contribution in [0.3, 0.4) is 0 Å². The zero-order valence-electron chi connectivity index (χ0n) is 14.1. The summed E-state index contributed by atoms with van der Waals surface area (Å²) in [4.78, 5) is 8.65. The summed E-state index contributed by atoms with van der Waals surface area (Å²) in [7, 11) is 1.77. The van der Waals surface area contributed by atoms with E-state index >= 15 is 0 Å². The summed E-state index contributed by atoms with van der Waals surface area (Å²) < 4.78 is 5.54. The van der Waals surface area contributed by atoms with Crippen molar-refractivity contribution in [3.63, 3.8) is 0 Å². The summed E-state index contributed by atoms with van der Waals surface area (Å²) in [6.07, 6.45) is 0.968. The number of rotatable bonds is 8. The summed E-state index contributed by atoms with van der Waals surface area (Å²) in [6.45, 7) is 9.43. The van der Waals surface area contributed by atoms with Gasteiger partial charge >= 0.3 is 0 Å². The highest BCUT2D eigenvalue weighted by molar-refractivity contribution is 14.0. The number of pyridine rings is 1. The highest BCUT2D eigenvalue weighted by Crippen LogP contribution is 1.97. The van der Waals surface area contributed by atoms with E-state index in [0.29, 0.717) is 12.5 Å². The van der Waals surface area contributed by atoms with Crippen LogP contribution in [-0.2, 0) is 11.3 Å². The fourth-order valence-corrected chi connectivity index (χ4v) is 1.79. The summed E-state index contributed by atoms with van der Waals surface area (Å²) in [5, 5.41) is 6.53. The normalized spacial score (nSPS) is 11.2. The molecule has 0 spiro atoms. The van der Waals surface area contributed by atoms with Crippen molar-refractivity contribution in [3.05, 3.63) is 29.6 Å². The van der Waals surface area contributed by atoms with Crippen molar-refractivity contribution in [3.8, 4) is 0 Å². The van der Waals surface area contributed by atoms with Crippen molar-refractivity contribution < 1.29 is 4.74 Å². The van der Waals surface area contributed by atoms with Gasteiger partial charge in [0.25, 0.3) is 0 Å². The van der Waals surface area contributed by atoms with Crippen LogP contribution < -0.4 is 10.6 Å². The number of hydrogen-bond acceptors (Lipinski definition) is 3. The lowest BCUT2D eigenvalue weighted by atomic mass is 10.2.